The van der Waals surface area contributed by atoms with Crippen molar-refractivity contribution in [2.45, 2.75) is 39.2 Å². The molecule has 1 aliphatic rings. The van der Waals surface area contributed by atoms with Crippen LogP contribution in [0, 0.1) is 5.92 Å². The zero-order valence-corrected chi connectivity index (χ0v) is 10.1. The Morgan fingerprint density at radius 2 is 2.00 bits per heavy atom. The van der Waals surface area contributed by atoms with Crippen molar-refractivity contribution in [3.05, 3.63) is 0 Å². The van der Waals surface area contributed by atoms with E-state index >= 15 is 0 Å². The minimum Gasteiger partial charge on any atom is -0.381 e. The summed E-state index contributed by atoms with van der Waals surface area (Å²) in [4.78, 5) is 0. The summed E-state index contributed by atoms with van der Waals surface area (Å²) in [6.07, 6.45) is 3.81. The predicted octanol–water partition coefficient (Wildman–Crippen LogP) is 1.82. The van der Waals surface area contributed by atoms with Crippen LogP contribution in [0.15, 0.2) is 0 Å². The maximum absolute atomic E-state index is 5.75. The van der Waals surface area contributed by atoms with Gasteiger partial charge in [-0.1, -0.05) is 13.8 Å². The maximum atomic E-state index is 5.75. The molecule has 1 N–H and O–H groups in total. The van der Waals surface area contributed by atoms with E-state index < -0.39 is 0 Å². The molecule has 1 aliphatic heterocycles. The fourth-order valence-corrected chi connectivity index (χ4v) is 1.66. The number of hydrogen-bond acceptors (Lipinski definition) is 3. The molecule has 0 aromatic rings. The first-order chi connectivity index (χ1) is 7.29. The molecular weight excluding hydrogens is 190 g/mol. The Labute approximate surface area is 93.5 Å². The quantitative estimate of drug-likeness (QED) is 0.657. The molecule has 0 unspecified atom stereocenters. The molecule has 1 fully saturated rings. The van der Waals surface area contributed by atoms with Crippen molar-refractivity contribution in [3.8, 4) is 0 Å². The fourth-order valence-electron chi connectivity index (χ4n) is 1.66. The van der Waals surface area contributed by atoms with Crippen LogP contribution in [0.3, 0.4) is 0 Å². The van der Waals surface area contributed by atoms with E-state index in [2.05, 4.69) is 19.2 Å². The van der Waals surface area contributed by atoms with Crippen molar-refractivity contribution in [1.82, 2.24) is 5.32 Å². The number of ether oxygens (including phenoxy) is 2. The average Bonchev–Trinajstić information content (AvgIpc) is 2.24. The lowest BCUT2D eigenvalue weighted by molar-refractivity contribution is -0.0305. The van der Waals surface area contributed by atoms with Gasteiger partial charge >= 0.3 is 0 Å². The highest BCUT2D eigenvalue weighted by atomic mass is 16.5. The minimum atomic E-state index is 0.436. The lowest BCUT2D eigenvalue weighted by Gasteiger charge is -2.22. The molecule has 0 aliphatic carbocycles. The summed E-state index contributed by atoms with van der Waals surface area (Å²) >= 11 is 0. The Bertz CT molecular complexity index is 145. The first-order valence-electron chi connectivity index (χ1n) is 6.19. The van der Waals surface area contributed by atoms with Crippen LogP contribution in [-0.2, 0) is 9.47 Å². The summed E-state index contributed by atoms with van der Waals surface area (Å²) in [5.41, 5.74) is 0. The summed E-state index contributed by atoms with van der Waals surface area (Å²) in [6, 6.07) is 0. The molecule has 0 radical (unpaired) electrons. The predicted molar refractivity (Wildman–Crippen MR) is 62.1 cm³/mol. The average molecular weight is 215 g/mol. The molecule has 0 atom stereocenters. The van der Waals surface area contributed by atoms with Crippen LogP contribution in [0.1, 0.15) is 33.1 Å². The molecular formula is C12H25NO2. The minimum absolute atomic E-state index is 0.436. The van der Waals surface area contributed by atoms with Crippen LogP contribution in [0.5, 0.6) is 0 Å². The van der Waals surface area contributed by atoms with Gasteiger partial charge in [-0.05, 0) is 31.7 Å². The Balaban J connectivity index is 1.83. The third kappa shape index (κ3) is 6.88. The van der Waals surface area contributed by atoms with Gasteiger partial charge in [-0.15, -0.1) is 0 Å². The summed E-state index contributed by atoms with van der Waals surface area (Å²) in [7, 11) is 0. The summed E-state index contributed by atoms with van der Waals surface area (Å²) < 4.78 is 11.0. The highest BCUT2D eigenvalue weighted by Gasteiger charge is 2.13. The van der Waals surface area contributed by atoms with E-state index in [9.17, 15) is 0 Å². The number of hydrogen-bond donors (Lipinski definition) is 1. The molecule has 0 bridgehead atoms. The Morgan fingerprint density at radius 1 is 1.27 bits per heavy atom. The van der Waals surface area contributed by atoms with Crippen molar-refractivity contribution in [2.75, 3.05) is 32.9 Å². The van der Waals surface area contributed by atoms with Gasteiger partial charge in [-0.25, -0.2) is 0 Å². The smallest absolute Gasteiger partial charge is 0.0619 e. The maximum Gasteiger partial charge on any atom is 0.0619 e. The topological polar surface area (TPSA) is 30.5 Å². The molecule has 0 saturated carbocycles. The van der Waals surface area contributed by atoms with Crippen molar-refractivity contribution in [3.63, 3.8) is 0 Å². The third-order valence-electron chi connectivity index (χ3n) is 2.70. The fraction of sp³-hybridized carbons (Fsp3) is 1.00. The van der Waals surface area contributed by atoms with Crippen molar-refractivity contribution < 1.29 is 9.47 Å². The second kappa shape index (κ2) is 8.08. The van der Waals surface area contributed by atoms with E-state index in [4.69, 9.17) is 9.47 Å². The zero-order chi connectivity index (χ0) is 10.9. The van der Waals surface area contributed by atoms with Gasteiger partial charge in [0.05, 0.1) is 12.7 Å². The van der Waals surface area contributed by atoms with E-state index in [1.54, 1.807) is 0 Å². The molecule has 1 heterocycles. The van der Waals surface area contributed by atoms with E-state index in [1.807, 2.05) is 0 Å². The lowest BCUT2D eigenvalue weighted by Crippen LogP contribution is -2.28. The van der Waals surface area contributed by atoms with E-state index in [0.29, 0.717) is 6.10 Å². The van der Waals surface area contributed by atoms with Crippen molar-refractivity contribution in [1.29, 1.82) is 0 Å². The molecule has 15 heavy (non-hydrogen) atoms. The second-order valence-corrected chi connectivity index (χ2v) is 4.62. The Kier molecular flexibility index (Phi) is 6.98. The van der Waals surface area contributed by atoms with Gasteiger partial charge in [0.1, 0.15) is 0 Å². The Morgan fingerprint density at radius 3 is 2.67 bits per heavy atom. The molecule has 3 heteroatoms. The van der Waals surface area contributed by atoms with Gasteiger partial charge in [0, 0.05) is 19.8 Å². The van der Waals surface area contributed by atoms with Crippen molar-refractivity contribution in [2.24, 2.45) is 5.92 Å². The lowest BCUT2D eigenvalue weighted by atomic mass is 10.1. The molecule has 1 rings (SSSR count). The third-order valence-corrected chi connectivity index (χ3v) is 2.70. The van der Waals surface area contributed by atoms with Crippen LogP contribution in [0.4, 0.5) is 0 Å². The standard InChI is InChI=1S/C12H25NO2/c1-11(2)3-6-13-7-10-15-12-4-8-14-9-5-12/h11-13H,3-10H2,1-2H3. The van der Waals surface area contributed by atoms with Gasteiger partial charge < -0.3 is 14.8 Å². The molecule has 0 aromatic carbocycles. The van der Waals surface area contributed by atoms with Gasteiger partial charge in [-0.2, -0.15) is 0 Å². The molecule has 3 nitrogen and oxygen atoms in total. The first kappa shape index (κ1) is 12.9. The number of rotatable bonds is 7. The van der Waals surface area contributed by atoms with Crippen LogP contribution >= 0.6 is 0 Å². The van der Waals surface area contributed by atoms with E-state index in [1.165, 1.54) is 6.42 Å². The monoisotopic (exact) mass is 215 g/mol. The van der Waals surface area contributed by atoms with Crippen molar-refractivity contribution >= 4 is 0 Å². The highest BCUT2D eigenvalue weighted by Crippen LogP contribution is 2.09. The largest absolute Gasteiger partial charge is 0.381 e. The van der Waals surface area contributed by atoms with E-state index in [0.717, 1.165) is 51.7 Å². The number of nitrogens with one attached hydrogen (secondary N) is 1. The molecule has 0 aromatic heterocycles. The van der Waals surface area contributed by atoms with Gasteiger partial charge in [-0.3, -0.25) is 0 Å². The van der Waals surface area contributed by atoms with Crippen LogP contribution in [-0.4, -0.2) is 39.0 Å². The van der Waals surface area contributed by atoms with Gasteiger partial charge in [0.25, 0.3) is 0 Å². The second-order valence-electron chi connectivity index (χ2n) is 4.62. The summed E-state index contributed by atoms with van der Waals surface area (Å²) in [5, 5.41) is 3.40. The van der Waals surface area contributed by atoms with Crippen LogP contribution < -0.4 is 5.32 Å². The normalized spacial score (nSPS) is 18.6. The Hall–Kier alpha value is -0.120. The molecule has 1 saturated heterocycles. The zero-order valence-electron chi connectivity index (χ0n) is 10.1. The van der Waals surface area contributed by atoms with Gasteiger partial charge in [0.15, 0.2) is 0 Å². The SMILES string of the molecule is CC(C)CCNCCOC1CCOCC1. The summed E-state index contributed by atoms with van der Waals surface area (Å²) in [5.74, 6) is 0.786. The van der Waals surface area contributed by atoms with E-state index in [-0.39, 0.29) is 0 Å². The molecule has 90 valence electrons. The molecule has 0 amide bonds. The first-order valence-corrected chi connectivity index (χ1v) is 6.19. The van der Waals surface area contributed by atoms with Crippen LogP contribution in [0.2, 0.25) is 0 Å². The molecule has 0 spiro atoms. The summed E-state index contributed by atoms with van der Waals surface area (Å²) in [6.45, 7) is 9.15. The van der Waals surface area contributed by atoms with Crippen LogP contribution in [0.25, 0.3) is 0 Å². The van der Waals surface area contributed by atoms with Gasteiger partial charge in [0.2, 0.25) is 0 Å². The highest BCUT2D eigenvalue weighted by molar-refractivity contribution is 4.62.